The molecule has 8 nitrogen and oxygen atoms in total. The average Bonchev–Trinajstić information content (AvgIpc) is 3.23. The van der Waals surface area contributed by atoms with Crippen LogP contribution in [0.1, 0.15) is 36.9 Å². The molecule has 0 spiro atoms. The van der Waals surface area contributed by atoms with E-state index >= 15 is 0 Å². The van der Waals surface area contributed by atoms with E-state index in [9.17, 15) is 5.11 Å². The summed E-state index contributed by atoms with van der Waals surface area (Å²) in [6.07, 6.45) is 2.36. The molecule has 0 fully saturated rings. The number of aryl methyl sites for hydroxylation is 2. The summed E-state index contributed by atoms with van der Waals surface area (Å²) in [7, 11) is 0. The zero-order chi connectivity index (χ0) is 20.5. The summed E-state index contributed by atoms with van der Waals surface area (Å²) in [5, 5.41) is 16.9. The summed E-state index contributed by atoms with van der Waals surface area (Å²) >= 11 is 0. The number of fused-ring (bicyclic) bond motifs is 1. The maximum atomic E-state index is 9.41. The second-order valence-electron chi connectivity index (χ2n) is 7.34. The quantitative estimate of drug-likeness (QED) is 0.510. The molecule has 4 aromatic rings. The molecule has 2 N–H and O–H groups in total. The molecular weight excluding hydrogens is 368 g/mol. The molecule has 29 heavy (non-hydrogen) atoms. The van der Waals surface area contributed by atoms with Crippen LogP contribution in [-0.4, -0.2) is 36.3 Å². The number of hydrogen-bond acceptors (Lipinski definition) is 7. The summed E-state index contributed by atoms with van der Waals surface area (Å²) in [5.74, 6) is 2.48. The Hall–Kier alpha value is -3.42. The normalized spacial score (nSPS) is 11.5. The second kappa shape index (κ2) is 7.54. The molecule has 0 bridgehead atoms. The van der Waals surface area contributed by atoms with Gasteiger partial charge in [0, 0.05) is 12.6 Å². The third-order valence-corrected chi connectivity index (χ3v) is 4.89. The molecule has 0 atom stereocenters. The van der Waals surface area contributed by atoms with Crippen molar-refractivity contribution in [2.75, 3.05) is 11.9 Å². The lowest BCUT2D eigenvalue weighted by Crippen LogP contribution is -2.08. The van der Waals surface area contributed by atoms with Crippen molar-refractivity contribution >= 4 is 17.0 Å². The predicted molar refractivity (Wildman–Crippen MR) is 111 cm³/mol. The number of imidazole rings is 1. The topological polar surface area (TPSA) is 102 Å². The van der Waals surface area contributed by atoms with Gasteiger partial charge in [0.25, 0.3) is 0 Å². The Morgan fingerprint density at radius 2 is 1.90 bits per heavy atom. The van der Waals surface area contributed by atoms with E-state index in [1.807, 2.05) is 26.0 Å². The van der Waals surface area contributed by atoms with Crippen molar-refractivity contribution in [1.29, 1.82) is 0 Å². The van der Waals surface area contributed by atoms with Crippen LogP contribution in [0.2, 0.25) is 0 Å². The molecular formula is C21H24N6O2. The van der Waals surface area contributed by atoms with E-state index in [1.54, 1.807) is 18.5 Å². The molecule has 0 amide bonds. The van der Waals surface area contributed by atoms with Gasteiger partial charge in [-0.25, -0.2) is 15.0 Å². The summed E-state index contributed by atoms with van der Waals surface area (Å²) in [5.41, 5.74) is 4.32. The Bertz CT molecular complexity index is 1120. The highest BCUT2D eigenvalue weighted by molar-refractivity contribution is 5.87. The highest BCUT2D eigenvalue weighted by Gasteiger charge is 2.23. The molecule has 0 aliphatic heterocycles. The number of nitrogens with one attached hydrogen (secondary N) is 1. The number of nitrogens with zero attached hydrogens (tertiary/aromatic N) is 5. The van der Waals surface area contributed by atoms with Crippen LogP contribution in [0.3, 0.4) is 0 Å². The van der Waals surface area contributed by atoms with Gasteiger partial charge in [0.1, 0.15) is 23.7 Å². The number of anilines is 1. The number of benzene rings is 1. The first kappa shape index (κ1) is 18.9. The van der Waals surface area contributed by atoms with Crippen LogP contribution >= 0.6 is 0 Å². The molecule has 0 saturated carbocycles. The molecule has 3 aromatic heterocycles. The molecule has 150 valence electrons. The van der Waals surface area contributed by atoms with Crippen molar-refractivity contribution in [3.8, 4) is 17.1 Å². The van der Waals surface area contributed by atoms with Gasteiger partial charge in [-0.05, 0) is 51.8 Å². The second-order valence-corrected chi connectivity index (χ2v) is 7.34. The standard InChI is InChI=1S/C21H24N6O2/c1-12(2)27-20(17-13(3)26-29-14(17)4)25-18-19(23-11-24-21(18)27)22-10-9-15-5-7-16(28)8-6-15/h5-8,11-12,28H,9-10H2,1-4H3,(H,22,23,24). The number of phenolic OH excluding ortho intramolecular Hbond substituents is 1. The Balaban J connectivity index is 1.69. The first-order valence-corrected chi connectivity index (χ1v) is 9.63. The smallest absolute Gasteiger partial charge is 0.166 e. The summed E-state index contributed by atoms with van der Waals surface area (Å²) in [4.78, 5) is 13.8. The minimum Gasteiger partial charge on any atom is -0.508 e. The van der Waals surface area contributed by atoms with Crippen LogP contribution in [0, 0.1) is 13.8 Å². The lowest BCUT2D eigenvalue weighted by molar-refractivity contribution is 0.393. The third-order valence-electron chi connectivity index (χ3n) is 4.89. The number of rotatable bonds is 6. The van der Waals surface area contributed by atoms with Gasteiger partial charge in [-0.1, -0.05) is 17.3 Å². The summed E-state index contributed by atoms with van der Waals surface area (Å²) in [6, 6.07) is 7.37. The van der Waals surface area contributed by atoms with Crippen molar-refractivity contribution in [1.82, 2.24) is 24.7 Å². The van der Waals surface area contributed by atoms with Gasteiger partial charge in [0.15, 0.2) is 17.0 Å². The highest BCUT2D eigenvalue weighted by atomic mass is 16.5. The van der Waals surface area contributed by atoms with E-state index in [4.69, 9.17) is 9.51 Å². The maximum Gasteiger partial charge on any atom is 0.166 e. The van der Waals surface area contributed by atoms with E-state index in [0.717, 1.165) is 46.0 Å². The Kier molecular flexibility index (Phi) is 4.92. The van der Waals surface area contributed by atoms with E-state index in [2.05, 4.69) is 38.9 Å². The van der Waals surface area contributed by atoms with Gasteiger partial charge in [-0.15, -0.1) is 0 Å². The highest BCUT2D eigenvalue weighted by Crippen LogP contribution is 2.33. The first-order chi connectivity index (χ1) is 14.0. The van der Waals surface area contributed by atoms with Gasteiger partial charge < -0.3 is 19.5 Å². The van der Waals surface area contributed by atoms with Crippen LogP contribution in [0.25, 0.3) is 22.6 Å². The Morgan fingerprint density at radius 1 is 1.14 bits per heavy atom. The molecule has 0 unspecified atom stereocenters. The van der Waals surface area contributed by atoms with Gasteiger partial charge in [-0.3, -0.25) is 0 Å². The van der Waals surface area contributed by atoms with Gasteiger partial charge in [-0.2, -0.15) is 0 Å². The molecule has 0 aliphatic rings. The zero-order valence-corrected chi connectivity index (χ0v) is 17.0. The van der Waals surface area contributed by atoms with Crippen molar-refractivity contribution in [2.45, 2.75) is 40.2 Å². The van der Waals surface area contributed by atoms with Gasteiger partial charge in [0.05, 0.1) is 11.3 Å². The summed E-state index contributed by atoms with van der Waals surface area (Å²) in [6.45, 7) is 8.69. The third kappa shape index (κ3) is 3.53. The van der Waals surface area contributed by atoms with E-state index in [-0.39, 0.29) is 11.8 Å². The average molecular weight is 392 g/mol. The number of phenols is 1. The van der Waals surface area contributed by atoms with E-state index in [1.165, 1.54) is 0 Å². The fraction of sp³-hybridized carbons (Fsp3) is 0.333. The number of aromatic nitrogens is 5. The van der Waals surface area contributed by atoms with Crippen LogP contribution in [0.4, 0.5) is 5.82 Å². The lowest BCUT2D eigenvalue weighted by Gasteiger charge is -2.12. The van der Waals surface area contributed by atoms with Crippen LogP contribution < -0.4 is 5.32 Å². The van der Waals surface area contributed by atoms with Crippen molar-refractivity contribution in [2.24, 2.45) is 0 Å². The van der Waals surface area contributed by atoms with E-state index in [0.29, 0.717) is 12.4 Å². The zero-order valence-electron chi connectivity index (χ0n) is 17.0. The molecule has 1 aromatic carbocycles. The maximum absolute atomic E-state index is 9.41. The van der Waals surface area contributed by atoms with Gasteiger partial charge in [0.2, 0.25) is 0 Å². The molecule has 0 saturated heterocycles. The van der Waals surface area contributed by atoms with Gasteiger partial charge >= 0.3 is 0 Å². The van der Waals surface area contributed by atoms with Crippen LogP contribution in [-0.2, 0) is 6.42 Å². The monoisotopic (exact) mass is 392 g/mol. The minimum atomic E-state index is 0.156. The first-order valence-electron chi connectivity index (χ1n) is 9.63. The predicted octanol–water partition coefficient (Wildman–Crippen LogP) is 4.04. The van der Waals surface area contributed by atoms with E-state index < -0.39 is 0 Å². The fourth-order valence-corrected chi connectivity index (χ4v) is 3.49. The molecule has 0 radical (unpaired) electrons. The van der Waals surface area contributed by atoms with Crippen LogP contribution in [0.5, 0.6) is 5.75 Å². The Labute approximate surface area is 168 Å². The number of hydrogen-bond donors (Lipinski definition) is 2. The fourth-order valence-electron chi connectivity index (χ4n) is 3.49. The van der Waals surface area contributed by atoms with Crippen molar-refractivity contribution in [3.05, 3.63) is 47.6 Å². The molecule has 4 rings (SSSR count). The van der Waals surface area contributed by atoms with Crippen molar-refractivity contribution in [3.63, 3.8) is 0 Å². The number of aromatic hydroxyl groups is 1. The largest absolute Gasteiger partial charge is 0.508 e. The molecule has 8 heteroatoms. The van der Waals surface area contributed by atoms with Crippen molar-refractivity contribution < 1.29 is 9.63 Å². The Morgan fingerprint density at radius 3 is 2.55 bits per heavy atom. The minimum absolute atomic E-state index is 0.156. The van der Waals surface area contributed by atoms with Crippen LogP contribution in [0.15, 0.2) is 35.1 Å². The molecule has 3 heterocycles. The summed E-state index contributed by atoms with van der Waals surface area (Å²) < 4.78 is 7.45. The lowest BCUT2D eigenvalue weighted by atomic mass is 10.1. The SMILES string of the molecule is Cc1noc(C)c1-c1nc2c(NCCc3ccc(O)cc3)ncnc2n1C(C)C. The molecule has 0 aliphatic carbocycles.